The highest BCUT2D eigenvalue weighted by Crippen LogP contribution is 2.45. The molecule has 0 spiro atoms. The van der Waals surface area contributed by atoms with Crippen LogP contribution in [0.1, 0.15) is 28.3 Å². The smallest absolute Gasteiger partial charge is 0.416 e. The second-order valence-electron chi connectivity index (χ2n) is 6.86. The summed E-state index contributed by atoms with van der Waals surface area (Å²) in [5, 5.41) is 22.3. The molecule has 6 nitrogen and oxygen atoms in total. The Labute approximate surface area is 169 Å². The van der Waals surface area contributed by atoms with Crippen LogP contribution < -0.4 is 10.2 Å². The summed E-state index contributed by atoms with van der Waals surface area (Å²) >= 11 is 0. The number of aromatic hydroxyl groups is 1. The number of fused-ring (bicyclic) bond motifs is 1. The number of carbonyl (C=O) groups is 1. The van der Waals surface area contributed by atoms with Gasteiger partial charge in [0, 0.05) is 13.2 Å². The van der Waals surface area contributed by atoms with Crippen molar-refractivity contribution >= 4 is 17.4 Å². The highest BCUT2D eigenvalue weighted by atomic mass is 19.4. The number of alkyl halides is 3. The van der Waals surface area contributed by atoms with Gasteiger partial charge in [-0.05, 0) is 35.9 Å². The fourth-order valence-electron chi connectivity index (χ4n) is 3.52. The van der Waals surface area contributed by atoms with Crippen molar-refractivity contribution in [2.45, 2.75) is 12.2 Å². The molecule has 4 rings (SSSR count). The summed E-state index contributed by atoms with van der Waals surface area (Å²) in [6.07, 6.45) is -3.07. The van der Waals surface area contributed by atoms with Crippen LogP contribution in [0.5, 0.6) is 5.88 Å². The molecule has 152 valence electrons. The zero-order valence-electron chi connectivity index (χ0n) is 15.6. The van der Waals surface area contributed by atoms with Gasteiger partial charge in [-0.2, -0.15) is 18.4 Å². The molecule has 2 heterocycles. The van der Waals surface area contributed by atoms with E-state index in [2.05, 4.69) is 5.32 Å². The van der Waals surface area contributed by atoms with Crippen LogP contribution in [0.15, 0.2) is 54.7 Å². The minimum absolute atomic E-state index is 0.0208. The van der Waals surface area contributed by atoms with Crippen LogP contribution >= 0.6 is 0 Å². The summed E-state index contributed by atoms with van der Waals surface area (Å²) in [6, 6.07) is 11.5. The molecular weight excluding hydrogens is 397 g/mol. The zero-order chi connectivity index (χ0) is 21.6. The predicted molar refractivity (Wildman–Crippen MR) is 102 cm³/mol. The Bertz CT molecular complexity index is 1180. The number of nitrogens with one attached hydrogen (secondary N) is 1. The van der Waals surface area contributed by atoms with Gasteiger partial charge in [-0.3, -0.25) is 4.90 Å². The Morgan fingerprint density at radius 2 is 1.87 bits per heavy atom. The average molecular weight is 412 g/mol. The normalized spacial score (nSPS) is 16.0. The van der Waals surface area contributed by atoms with E-state index < -0.39 is 23.8 Å². The number of rotatable bonds is 2. The van der Waals surface area contributed by atoms with Crippen molar-refractivity contribution in [3.05, 3.63) is 77.0 Å². The van der Waals surface area contributed by atoms with E-state index in [9.17, 15) is 23.1 Å². The monoisotopic (exact) mass is 412 g/mol. The minimum Gasteiger partial charge on any atom is -0.494 e. The molecule has 0 saturated heterocycles. The number of anilines is 2. The Morgan fingerprint density at radius 1 is 1.17 bits per heavy atom. The summed E-state index contributed by atoms with van der Waals surface area (Å²) in [7, 11) is 1.57. The van der Waals surface area contributed by atoms with Gasteiger partial charge in [0.1, 0.15) is 0 Å². The van der Waals surface area contributed by atoms with Gasteiger partial charge in [-0.15, -0.1) is 0 Å². The van der Waals surface area contributed by atoms with Gasteiger partial charge in [0.25, 0.3) is 0 Å². The van der Waals surface area contributed by atoms with Crippen molar-refractivity contribution in [3.8, 4) is 11.9 Å². The van der Waals surface area contributed by atoms with Crippen molar-refractivity contribution in [1.82, 2.24) is 9.88 Å². The maximum absolute atomic E-state index is 13.2. The molecule has 0 radical (unpaired) electrons. The molecule has 2 amide bonds. The lowest BCUT2D eigenvalue weighted by Crippen LogP contribution is -2.44. The molecule has 30 heavy (non-hydrogen) atoms. The first kappa shape index (κ1) is 19.4. The number of carbonyl (C=O) groups excluding carboxylic acids is 1. The largest absolute Gasteiger partial charge is 0.494 e. The molecule has 1 aliphatic rings. The zero-order valence-corrected chi connectivity index (χ0v) is 15.6. The molecule has 0 bridgehead atoms. The molecule has 0 saturated carbocycles. The SMILES string of the molecule is Cn1cc2c(c1O)[C@@H](c1ccc(C#N)cc1)NC(=O)N2c1cccc(C(F)(F)F)c1. The number of hydrogen-bond acceptors (Lipinski definition) is 3. The van der Waals surface area contributed by atoms with Gasteiger partial charge in [-0.25, -0.2) is 4.79 Å². The number of aromatic nitrogens is 1. The lowest BCUT2D eigenvalue weighted by atomic mass is 9.96. The summed E-state index contributed by atoms with van der Waals surface area (Å²) in [5.41, 5.74) is 0.806. The number of amides is 2. The first-order chi connectivity index (χ1) is 14.2. The molecule has 0 unspecified atom stereocenters. The fourth-order valence-corrected chi connectivity index (χ4v) is 3.52. The van der Waals surface area contributed by atoms with Crippen LogP contribution in [0, 0.1) is 11.3 Å². The Kier molecular flexibility index (Phi) is 4.42. The minimum atomic E-state index is -4.56. The number of aryl methyl sites for hydroxylation is 1. The highest BCUT2D eigenvalue weighted by molar-refractivity contribution is 6.03. The molecular formula is C21H15F3N4O2. The van der Waals surface area contributed by atoms with Crippen LogP contribution in [0.4, 0.5) is 29.3 Å². The lowest BCUT2D eigenvalue weighted by molar-refractivity contribution is -0.137. The molecule has 2 aromatic carbocycles. The molecule has 0 aliphatic carbocycles. The first-order valence-corrected chi connectivity index (χ1v) is 8.87. The van der Waals surface area contributed by atoms with Gasteiger partial charge in [0.2, 0.25) is 0 Å². The van der Waals surface area contributed by atoms with E-state index in [1.165, 1.54) is 22.9 Å². The van der Waals surface area contributed by atoms with Gasteiger partial charge in [0.15, 0.2) is 5.88 Å². The Morgan fingerprint density at radius 3 is 2.50 bits per heavy atom. The van der Waals surface area contributed by atoms with E-state index in [1.54, 1.807) is 31.3 Å². The molecule has 0 fully saturated rings. The van der Waals surface area contributed by atoms with Crippen LogP contribution in [-0.4, -0.2) is 15.7 Å². The summed E-state index contributed by atoms with van der Waals surface area (Å²) in [4.78, 5) is 14.0. The summed E-state index contributed by atoms with van der Waals surface area (Å²) < 4.78 is 40.9. The standard InChI is InChI=1S/C21H15F3N4O2/c1-27-11-16-17(19(27)29)18(13-7-5-12(10-25)6-8-13)26-20(30)28(16)15-4-2-3-14(9-15)21(22,23)24/h2-9,11,18,29H,1H3,(H,26,30)/t18-/m1/s1. The third kappa shape index (κ3) is 3.12. The van der Waals surface area contributed by atoms with Gasteiger partial charge < -0.3 is 15.0 Å². The average Bonchev–Trinajstić information content (AvgIpc) is 3.01. The third-order valence-corrected chi connectivity index (χ3v) is 4.97. The number of benzene rings is 2. The summed E-state index contributed by atoms with van der Waals surface area (Å²) in [6.45, 7) is 0. The van der Waals surface area contributed by atoms with Crippen molar-refractivity contribution in [1.29, 1.82) is 5.26 Å². The topological polar surface area (TPSA) is 81.3 Å². The van der Waals surface area contributed by atoms with Crippen LogP contribution in [0.3, 0.4) is 0 Å². The number of nitrogens with zero attached hydrogens (tertiary/aromatic N) is 3. The number of halogens is 3. The second kappa shape index (κ2) is 6.84. The number of hydrogen-bond donors (Lipinski definition) is 2. The molecule has 1 aromatic heterocycles. The maximum atomic E-state index is 13.2. The predicted octanol–water partition coefficient (Wildman–Crippen LogP) is 4.57. The van der Waals surface area contributed by atoms with E-state index in [4.69, 9.17) is 5.26 Å². The van der Waals surface area contributed by atoms with Gasteiger partial charge >= 0.3 is 12.2 Å². The highest BCUT2D eigenvalue weighted by Gasteiger charge is 2.38. The maximum Gasteiger partial charge on any atom is 0.416 e. The van der Waals surface area contributed by atoms with Crippen molar-refractivity contribution < 1.29 is 23.1 Å². The van der Waals surface area contributed by atoms with E-state index in [0.717, 1.165) is 17.0 Å². The van der Waals surface area contributed by atoms with Crippen LogP contribution in [0.2, 0.25) is 0 Å². The van der Waals surface area contributed by atoms with E-state index in [0.29, 0.717) is 16.7 Å². The van der Waals surface area contributed by atoms with Crippen LogP contribution in [0.25, 0.3) is 0 Å². The van der Waals surface area contributed by atoms with Crippen molar-refractivity contribution in [2.75, 3.05) is 4.90 Å². The summed E-state index contributed by atoms with van der Waals surface area (Å²) in [5.74, 6) is -0.128. The van der Waals surface area contributed by atoms with E-state index in [-0.39, 0.29) is 17.3 Å². The Hall–Kier alpha value is -3.93. The van der Waals surface area contributed by atoms with Gasteiger partial charge in [0.05, 0.1) is 40.2 Å². The first-order valence-electron chi connectivity index (χ1n) is 8.87. The fraction of sp³-hybridized carbons (Fsp3) is 0.143. The molecule has 3 aromatic rings. The van der Waals surface area contributed by atoms with Crippen molar-refractivity contribution in [3.63, 3.8) is 0 Å². The molecule has 9 heteroatoms. The Balaban J connectivity index is 1.84. The number of nitriles is 1. The third-order valence-electron chi connectivity index (χ3n) is 4.97. The van der Waals surface area contributed by atoms with E-state index >= 15 is 0 Å². The second-order valence-corrected chi connectivity index (χ2v) is 6.86. The van der Waals surface area contributed by atoms with Gasteiger partial charge in [-0.1, -0.05) is 18.2 Å². The number of urea groups is 1. The van der Waals surface area contributed by atoms with Crippen molar-refractivity contribution in [2.24, 2.45) is 7.05 Å². The lowest BCUT2D eigenvalue weighted by Gasteiger charge is -2.33. The quantitative estimate of drug-likeness (QED) is 0.647. The van der Waals surface area contributed by atoms with E-state index in [1.807, 2.05) is 6.07 Å². The van der Waals surface area contributed by atoms with Crippen LogP contribution in [-0.2, 0) is 13.2 Å². The molecule has 2 N–H and O–H groups in total. The molecule has 1 aliphatic heterocycles. The molecule has 1 atom stereocenters.